The van der Waals surface area contributed by atoms with Gasteiger partial charge in [0, 0.05) is 18.5 Å². The van der Waals surface area contributed by atoms with E-state index in [4.69, 9.17) is 5.73 Å². The van der Waals surface area contributed by atoms with Gasteiger partial charge in [0.25, 0.3) is 5.91 Å². The van der Waals surface area contributed by atoms with Gasteiger partial charge in [-0.25, -0.2) is 4.79 Å². The highest BCUT2D eigenvalue weighted by molar-refractivity contribution is 6.07. The van der Waals surface area contributed by atoms with Gasteiger partial charge in [0.05, 0.1) is 6.54 Å². The molecule has 7 nitrogen and oxygen atoms in total. The van der Waals surface area contributed by atoms with E-state index >= 15 is 0 Å². The summed E-state index contributed by atoms with van der Waals surface area (Å²) in [6, 6.07) is -0.492. The van der Waals surface area contributed by atoms with Gasteiger partial charge in [-0.1, -0.05) is 0 Å². The topological polar surface area (TPSA) is 95.7 Å². The quantitative estimate of drug-likeness (QED) is 0.708. The minimum Gasteiger partial charge on any atom is -0.369 e. The molecule has 2 unspecified atom stereocenters. The molecule has 0 saturated carbocycles. The number of amides is 4. The van der Waals surface area contributed by atoms with Crippen LogP contribution in [0.15, 0.2) is 0 Å². The molecule has 2 aliphatic rings. The predicted octanol–water partition coefficient (Wildman–Crippen LogP) is -0.0974. The lowest BCUT2D eigenvalue weighted by atomic mass is 9.80. The van der Waals surface area contributed by atoms with Gasteiger partial charge in [0.15, 0.2) is 0 Å². The number of nitrogens with zero attached hydrogens (tertiary/aromatic N) is 2. The lowest BCUT2D eigenvalue weighted by molar-refractivity contribution is -0.134. The second kappa shape index (κ2) is 5.63. The molecule has 2 atom stereocenters. The molecule has 0 spiro atoms. The molecule has 0 aliphatic carbocycles. The van der Waals surface area contributed by atoms with Gasteiger partial charge in [-0.3, -0.25) is 19.4 Å². The zero-order valence-electron chi connectivity index (χ0n) is 12.9. The van der Waals surface area contributed by atoms with Crippen molar-refractivity contribution in [2.45, 2.75) is 45.2 Å². The maximum atomic E-state index is 12.6. The zero-order valence-corrected chi connectivity index (χ0v) is 12.9. The molecular formula is C14H24N4O3. The van der Waals surface area contributed by atoms with Crippen molar-refractivity contribution in [1.29, 1.82) is 0 Å². The molecule has 2 aliphatic heterocycles. The SMILES string of the molecule is CC(C)N1C(=O)NC(C)(C2CCCN(CC(N)=O)C2)C1=O. The second-order valence-electron chi connectivity index (χ2n) is 6.44. The Kier molecular flexibility index (Phi) is 4.22. The number of hydrogen-bond donors (Lipinski definition) is 2. The first-order chi connectivity index (χ1) is 9.75. The van der Waals surface area contributed by atoms with Crippen LogP contribution in [-0.4, -0.2) is 58.9 Å². The van der Waals surface area contributed by atoms with E-state index in [1.54, 1.807) is 6.92 Å². The molecule has 2 rings (SSSR count). The molecule has 0 radical (unpaired) electrons. The van der Waals surface area contributed by atoms with E-state index in [1.165, 1.54) is 4.90 Å². The van der Waals surface area contributed by atoms with Crippen molar-refractivity contribution in [2.75, 3.05) is 19.6 Å². The zero-order chi connectivity index (χ0) is 15.8. The Morgan fingerprint density at radius 1 is 1.48 bits per heavy atom. The van der Waals surface area contributed by atoms with Crippen molar-refractivity contribution >= 4 is 17.8 Å². The Hall–Kier alpha value is -1.63. The molecule has 2 saturated heterocycles. The minimum absolute atomic E-state index is 0.00852. The van der Waals surface area contributed by atoms with E-state index in [9.17, 15) is 14.4 Å². The molecule has 0 bridgehead atoms. The number of rotatable bonds is 4. The van der Waals surface area contributed by atoms with Crippen LogP contribution in [0.1, 0.15) is 33.6 Å². The van der Waals surface area contributed by atoms with Gasteiger partial charge in [-0.15, -0.1) is 0 Å². The van der Waals surface area contributed by atoms with Gasteiger partial charge >= 0.3 is 6.03 Å². The highest BCUT2D eigenvalue weighted by Crippen LogP contribution is 2.33. The van der Waals surface area contributed by atoms with Crippen LogP contribution in [-0.2, 0) is 9.59 Å². The molecule has 3 N–H and O–H groups in total. The van der Waals surface area contributed by atoms with Gasteiger partial charge < -0.3 is 11.1 Å². The first kappa shape index (κ1) is 15.8. The van der Waals surface area contributed by atoms with Gasteiger partial charge in [-0.2, -0.15) is 0 Å². The number of primary amides is 1. The largest absolute Gasteiger partial charge is 0.369 e. The van der Waals surface area contributed by atoms with Gasteiger partial charge in [0.1, 0.15) is 5.54 Å². The van der Waals surface area contributed by atoms with Crippen molar-refractivity contribution < 1.29 is 14.4 Å². The summed E-state index contributed by atoms with van der Waals surface area (Å²) in [5.74, 6) is -0.550. The van der Waals surface area contributed by atoms with Crippen LogP contribution in [0, 0.1) is 5.92 Å². The third-order valence-electron chi connectivity index (χ3n) is 4.47. The van der Waals surface area contributed by atoms with Crippen LogP contribution < -0.4 is 11.1 Å². The van der Waals surface area contributed by atoms with Crippen molar-refractivity contribution in [3.63, 3.8) is 0 Å². The Morgan fingerprint density at radius 2 is 2.14 bits per heavy atom. The summed E-state index contributed by atoms with van der Waals surface area (Å²) < 4.78 is 0. The second-order valence-corrected chi connectivity index (χ2v) is 6.44. The maximum absolute atomic E-state index is 12.6. The molecule has 0 aromatic rings. The monoisotopic (exact) mass is 296 g/mol. The predicted molar refractivity (Wildman–Crippen MR) is 77.3 cm³/mol. The first-order valence-corrected chi connectivity index (χ1v) is 7.42. The lowest BCUT2D eigenvalue weighted by Gasteiger charge is -2.39. The van der Waals surface area contributed by atoms with E-state index in [1.807, 2.05) is 18.7 Å². The number of likely N-dealkylation sites (tertiary alicyclic amines) is 1. The number of piperidine rings is 1. The summed E-state index contributed by atoms with van der Waals surface area (Å²) in [6.45, 7) is 7.02. The summed E-state index contributed by atoms with van der Waals surface area (Å²) in [5.41, 5.74) is 4.35. The normalized spacial score (nSPS) is 30.9. The van der Waals surface area contributed by atoms with Crippen molar-refractivity contribution in [3.8, 4) is 0 Å². The first-order valence-electron chi connectivity index (χ1n) is 7.42. The third-order valence-corrected chi connectivity index (χ3v) is 4.47. The Bertz CT molecular complexity index is 465. The molecule has 118 valence electrons. The highest BCUT2D eigenvalue weighted by atomic mass is 16.2. The summed E-state index contributed by atoms with van der Waals surface area (Å²) >= 11 is 0. The number of urea groups is 1. The van der Waals surface area contributed by atoms with E-state index in [2.05, 4.69) is 5.32 Å². The maximum Gasteiger partial charge on any atom is 0.325 e. The summed E-state index contributed by atoms with van der Waals surface area (Å²) in [7, 11) is 0. The summed E-state index contributed by atoms with van der Waals surface area (Å²) in [4.78, 5) is 39.0. The van der Waals surface area contributed by atoms with Crippen LogP contribution >= 0.6 is 0 Å². The molecule has 4 amide bonds. The van der Waals surface area contributed by atoms with Crippen LogP contribution in [0.2, 0.25) is 0 Å². The van der Waals surface area contributed by atoms with Crippen LogP contribution in [0.25, 0.3) is 0 Å². The van der Waals surface area contributed by atoms with Crippen molar-refractivity contribution in [2.24, 2.45) is 11.7 Å². The summed E-state index contributed by atoms with van der Waals surface area (Å²) in [5, 5.41) is 2.85. The Balaban J connectivity index is 2.14. The fraction of sp³-hybridized carbons (Fsp3) is 0.786. The van der Waals surface area contributed by atoms with E-state index in [0.29, 0.717) is 6.54 Å². The van der Waals surface area contributed by atoms with E-state index in [-0.39, 0.29) is 36.3 Å². The van der Waals surface area contributed by atoms with Gasteiger partial charge in [0.2, 0.25) is 5.91 Å². The fourth-order valence-corrected chi connectivity index (χ4v) is 3.31. The molecule has 2 heterocycles. The molecule has 7 heteroatoms. The molecule has 21 heavy (non-hydrogen) atoms. The molecule has 0 aromatic heterocycles. The van der Waals surface area contributed by atoms with Crippen molar-refractivity contribution in [1.82, 2.24) is 15.1 Å². The van der Waals surface area contributed by atoms with Crippen molar-refractivity contribution in [3.05, 3.63) is 0 Å². The highest BCUT2D eigenvalue weighted by Gasteiger charge is 2.53. The third kappa shape index (κ3) is 2.88. The van der Waals surface area contributed by atoms with Crippen LogP contribution in [0.5, 0.6) is 0 Å². The van der Waals surface area contributed by atoms with Crippen LogP contribution in [0.3, 0.4) is 0 Å². The van der Waals surface area contributed by atoms with E-state index < -0.39 is 5.54 Å². The molecular weight excluding hydrogens is 272 g/mol. The standard InChI is InChI=1S/C14H24N4O3/c1-9(2)18-12(20)14(3,16-13(18)21)10-5-4-6-17(7-10)8-11(15)19/h9-10H,4-8H2,1-3H3,(H2,15,19)(H,16,21). The lowest BCUT2D eigenvalue weighted by Crippen LogP contribution is -2.56. The number of carbonyl (C=O) groups excluding carboxylic acids is 3. The number of nitrogens with one attached hydrogen (secondary N) is 1. The number of hydrogen-bond acceptors (Lipinski definition) is 4. The number of imide groups is 1. The molecule has 0 aromatic carbocycles. The summed E-state index contributed by atoms with van der Waals surface area (Å²) in [6.07, 6.45) is 1.74. The Morgan fingerprint density at radius 3 is 2.67 bits per heavy atom. The smallest absolute Gasteiger partial charge is 0.325 e. The molecule has 2 fully saturated rings. The van der Waals surface area contributed by atoms with Gasteiger partial charge in [-0.05, 0) is 40.2 Å². The fourth-order valence-electron chi connectivity index (χ4n) is 3.31. The number of carbonyl (C=O) groups is 3. The Labute approximate surface area is 124 Å². The minimum atomic E-state index is -0.891. The van der Waals surface area contributed by atoms with Crippen LogP contribution in [0.4, 0.5) is 4.79 Å². The average molecular weight is 296 g/mol. The average Bonchev–Trinajstić information content (AvgIpc) is 2.60. The number of nitrogens with two attached hydrogens (primary N) is 1. The van der Waals surface area contributed by atoms with E-state index in [0.717, 1.165) is 19.4 Å².